The molecule has 1 aromatic carbocycles. The fraction of sp³-hybridized carbons (Fsp3) is 0.133. The minimum absolute atomic E-state index is 0.636. The third kappa shape index (κ3) is 1.91. The molecule has 2 aromatic heterocycles. The van der Waals surface area contributed by atoms with E-state index in [0.29, 0.717) is 5.82 Å². The number of hydrogen-bond acceptors (Lipinski definition) is 3. The summed E-state index contributed by atoms with van der Waals surface area (Å²) in [6.07, 6.45) is 1.64. The number of aryl methyl sites for hydroxylation is 2. The maximum absolute atomic E-state index is 6.15. The molecule has 0 spiro atoms. The van der Waals surface area contributed by atoms with Gasteiger partial charge in [0.2, 0.25) is 0 Å². The number of nitrogens with two attached hydrogens (primary N) is 1. The van der Waals surface area contributed by atoms with Gasteiger partial charge in [0.15, 0.2) is 5.76 Å². The Morgan fingerprint density at radius 1 is 1.21 bits per heavy atom. The van der Waals surface area contributed by atoms with E-state index >= 15 is 0 Å². The van der Waals surface area contributed by atoms with Crippen molar-refractivity contribution in [3.63, 3.8) is 0 Å². The van der Waals surface area contributed by atoms with E-state index in [9.17, 15) is 0 Å². The van der Waals surface area contributed by atoms with Crippen LogP contribution in [0.3, 0.4) is 0 Å². The summed E-state index contributed by atoms with van der Waals surface area (Å²) in [5.74, 6) is 1.36. The summed E-state index contributed by atoms with van der Waals surface area (Å²) in [6.45, 7) is 2.06. The molecule has 0 aliphatic carbocycles. The summed E-state index contributed by atoms with van der Waals surface area (Å²) in [5, 5.41) is 4.46. The largest absolute Gasteiger partial charge is 0.463 e. The van der Waals surface area contributed by atoms with E-state index in [-0.39, 0.29) is 0 Å². The topological polar surface area (TPSA) is 57.0 Å². The highest BCUT2D eigenvalue weighted by molar-refractivity contribution is 5.86. The van der Waals surface area contributed by atoms with Crippen LogP contribution >= 0.6 is 0 Å². The normalized spacial score (nSPS) is 10.8. The van der Waals surface area contributed by atoms with E-state index in [4.69, 9.17) is 10.2 Å². The van der Waals surface area contributed by atoms with Crippen LogP contribution in [-0.4, -0.2) is 9.78 Å². The fourth-order valence-electron chi connectivity index (χ4n) is 2.21. The summed E-state index contributed by atoms with van der Waals surface area (Å²) in [4.78, 5) is 0. The molecule has 19 heavy (non-hydrogen) atoms. The van der Waals surface area contributed by atoms with Crippen LogP contribution in [0.2, 0.25) is 0 Å². The lowest BCUT2D eigenvalue weighted by atomic mass is 10.0. The van der Waals surface area contributed by atoms with Crippen molar-refractivity contribution in [3.05, 3.63) is 48.2 Å². The van der Waals surface area contributed by atoms with Crippen molar-refractivity contribution in [2.75, 3.05) is 5.73 Å². The van der Waals surface area contributed by atoms with E-state index in [1.807, 2.05) is 31.3 Å². The first-order valence-corrected chi connectivity index (χ1v) is 6.10. The Morgan fingerprint density at radius 3 is 2.74 bits per heavy atom. The zero-order valence-corrected chi connectivity index (χ0v) is 10.9. The molecule has 0 amide bonds. The standard InChI is InChI=1S/C15H15N3O/c1-10-5-3-6-11(9-10)13-14(12-7-4-8-19-12)17-18(2)15(13)16/h3-9H,16H2,1-2H3. The van der Waals surface area contributed by atoms with Crippen molar-refractivity contribution in [1.82, 2.24) is 9.78 Å². The maximum atomic E-state index is 6.15. The molecule has 0 aliphatic heterocycles. The molecule has 96 valence electrons. The quantitative estimate of drug-likeness (QED) is 0.762. The van der Waals surface area contributed by atoms with Crippen molar-refractivity contribution in [3.8, 4) is 22.6 Å². The minimum atomic E-state index is 0.636. The Kier molecular flexibility index (Phi) is 2.63. The highest BCUT2D eigenvalue weighted by Gasteiger charge is 2.18. The van der Waals surface area contributed by atoms with Gasteiger partial charge in [-0.1, -0.05) is 29.8 Å². The van der Waals surface area contributed by atoms with Gasteiger partial charge in [-0.05, 0) is 24.6 Å². The number of anilines is 1. The van der Waals surface area contributed by atoms with Crippen molar-refractivity contribution in [2.45, 2.75) is 6.92 Å². The van der Waals surface area contributed by atoms with Crippen molar-refractivity contribution < 1.29 is 4.42 Å². The predicted octanol–water partition coefficient (Wildman–Crippen LogP) is 3.24. The second-order valence-corrected chi connectivity index (χ2v) is 4.58. The number of aromatic nitrogens is 2. The Bertz CT molecular complexity index is 711. The van der Waals surface area contributed by atoms with E-state index < -0.39 is 0 Å². The van der Waals surface area contributed by atoms with Gasteiger partial charge in [-0.15, -0.1) is 0 Å². The third-order valence-corrected chi connectivity index (χ3v) is 3.15. The molecule has 0 fully saturated rings. The van der Waals surface area contributed by atoms with Gasteiger partial charge >= 0.3 is 0 Å². The zero-order valence-electron chi connectivity index (χ0n) is 10.9. The van der Waals surface area contributed by atoms with Crippen molar-refractivity contribution in [2.24, 2.45) is 7.05 Å². The van der Waals surface area contributed by atoms with Gasteiger partial charge in [0, 0.05) is 7.05 Å². The number of hydrogen-bond donors (Lipinski definition) is 1. The number of nitrogen functional groups attached to an aromatic ring is 1. The molecular formula is C15H15N3O. The Hall–Kier alpha value is -2.49. The van der Waals surface area contributed by atoms with E-state index in [0.717, 1.165) is 22.6 Å². The highest BCUT2D eigenvalue weighted by Crippen LogP contribution is 2.36. The van der Waals surface area contributed by atoms with Gasteiger partial charge < -0.3 is 10.2 Å². The lowest BCUT2D eigenvalue weighted by molar-refractivity contribution is 0.578. The van der Waals surface area contributed by atoms with Gasteiger partial charge in [0.1, 0.15) is 11.5 Å². The van der Waals surface area contributed by atoms with Gasteiger partial charge in [0.25, 0.3) is 0 Å². The molecule has 4 heteroatoms. The van der Waals surface area contributed by atoms with Crippen molar-refractivity contribution in [1.29, 1.82) is 0 Å². The molecule has 4 nitrogen and oxygen atoms in total. The highest BCUT2D eigenvalue weighted by atomic mass is 16.3. The van der Waals surface area contributed by atoms with Crippen LogP contribution in [0.1, 0.15) is 5.56 Å². The summed E-state index contributed by atoms with van der Waals surface area (Å²) >= 11 is 0. The van der Waals surface area contributed by atoms with Crippen LogP contribution in [0.25, 0.3) is 22.6 Å². The van der Waals surface area contributed by atoms with Gasteiger partial charge in [-0.3, -0.25) is 4.68 Å². The lowest BCUT2D eigenvalue weighted by Gasteiger charge is -2.04. The molecule has 0 atom stereocenters. The molecule has 0 bridgehead atoms. The van der Waals surface area contributed by atoms with E-state index in [1.54, 1.807) is 10.9 Å². The summed E-state index contributed by atoms with van der Waals surface area (Å²) in [7, 11) is 1.83. The van der Waals surface area contributed by atoms with Crippen LogP contribution in [-0.2, 0) is 7.05 Å². The molecule has 2 N–H and O–H groups in total. The first-order valence-electron chi connectivity index (χ1n) is 6.10. The first kappa shape index (κ1) is 11.6. The van der Waals surface area contributed by atoms with Gasteiger partial charge in [-0.2, -0.15) is 5.10 Å². The number of furan rings is 1. The molecule has 0 unspecified atom stereocenters. The van der Waals surface area contributed by atoms with E-state index in [2.05, 4.69) is 24.2 Å². The molecule has 3 aromatic rings. The van der Waals surface area contributed by atoms with Crippen LogP contribution in [0.5, 0.6) is 0 Å². The Labute approximate surface area is 111 Å². The smallest absolute Gasteiger partial charge is 0.154 e. The van der Waals surface area contributed by atoms with Crippen LogP contribution in [0, 0.1) is 6.92 Å². The second-order valence-electron chi connectivity index (χ2n) is 4.58. The maximum Gasteiger partial charge on any atom is 0.154 e. The van der Waals surface area contributed by atoms with Gasteiger partial charge in [0.05, 0.1) is 11.8 Å². The minimum Gasteiger partial charge on any atom is -0.463 e. The number of rotatable bonds is 2. The number of benzene rings is 1. The average Bonchev–Trinajstić information content (AvgIpc) is 2.99. The third-order valence-electron chi connectivity index (χ3n) is 3.15. The predicted molar refractivity (Wildman–Crippen MR) is 75.5 cm³/mol. The first-order chi connectivity index (χ1) is 9.16. The number of nitrogens with zero attached hydrogens (tertiary/aromatic N) is 2. The lowest BCUT2D eigenvalue weighted by Crippen LogP contribution is -1.98. The molecule has 3 rings (SSSR count). The summed E-state index contributed by atoms with van der Waals surface area (Å²) < 4.78 is 7.12. The van der Waals surface area contributed by atoms with Crippen LogP contribution in [0.15, 0.2) is 47.1 Å². The zero-order chi connectivity index (χ0) is 13.4. The monoisotopic (exact) mass is 253 g/mol. The fourth-order valence-corrected chi connectivity index (χ4v) is 2.21. The van der Waals surface area contributed by atoms with Crippen LogP contribution < -0.4 is 5.73 Å². The van der Waals surface area contributed by atoms with Crippen molar-refractivity contribution >= 4 is 5.82 Å². The van der Waals surface area contributed by atoms with Gasteiger partial charge in [-0.25, -0.2) is 0 Å². The summed E-state index contributed by atoms with van der Waals surface area (Å²) in [6, 6.07) is 11.9. The van der Waals surface area contributed by atoms with E-state index in [1.165, 1.54) is 5.56 Å². The summed E-state index contributed by atoms with van der Waals surface area (Å²) in [5.41, 5.74) is 10.1. The second kappa shape index (κ2) is 4.31. The Morgan fingerprint density at radius 2 is 2.05 bits per heavy atom. The Balaban J connectivity index is 2.26. The SMILES string of the molecule is Cc1cccc(-c2c(-c3ccco3)nn(C)c2N)c1. The van der Waals surface area contributed by atoms with Crippen LogP contribution in [0.4, 0.5) is 5.82 Å². The molecule has 2 heterocycles. The molecule has 0 saturated heterocycles. The molecule has 0 radical (unpaired) electrons. The molecular weight excluding hydrogens is 238 g/mol. The molecule has 0 saturated carbocycles. The average molecular weight is 253 g/mol. The molecule has 0 aliphatic rings.